The summed E-state index contributed by atoms with van der Waals surface area (Å²) in [4.78, 5) is 0. The van der Waals surface area contributed by atoms with Gasteiger partial charge in [0, 0.05) is 44.0 Å². The predicted octanol–water partition coefficient (Wildman–Crippen LogP) is 3.65. The fourth-order valence-electron chi connectivity index (χ4n) is 3.35. The van der Waals surface area contributed by atoms with Crippen LogP contribution in [0.25, 0.3) is 0 Å². The van der Waals surface area contributed by atoms with Crippen molar-refractivity contribution in [2.24, 2.45) is 5.41 Å². The first-order valence-electron chi connectivity index (χ1n) is 9.21. The van der Waals surface area contributed by atoms with Gasteiger partial charge in [0.2, 0.25) is 0 Å². The third-order valence-electron chi connectivity index (χ3n) is 4.59. The molecule has 1 atom stereocenters. The van der Waals surface area contributed by atoms with Gasteiger partial charge in [-0.2, -0.15) is 0 Å². The number of rotatable bonds is 14. The Morgan fingerprint density at radius 1 is 0.913 bits per heavy atom. The van der Waals surface area contributed by atoms with Crippen LogP contribution in [0.15, 0.2) is 0 Å². The normalized spacial score (nSPS) is 18.7. The van der Waals surface area contributed by atoms with E-state index in [9.17, 15) is 0 Å². The third-order valence-corrected chi connectivity index (χ3v) is 8.41. The lowest BCUT2D eigenvalue weighted by atomic mass is 9.78. The van der Waals surface area contributed by atoms with Crippen LogP contribution in [0.5, 0.6) is 0 Å². The van der Waals surface area contributed by atoms with Gasteiger partial charge in [0.15, 0.2) is 0 Å². The molecule has 0 aromatic carbocycles. The summed E-state index contributed by atoms with van der Waals surface area (Å²) in [6, 6.07) is 0. The van der Waals surface area contributed by atoms with E-state index in [4.69, 9.17) is 22.8 Å². The minimum Gasteiger partial charge on any atom is -0.381 e. The first-order valence-corrected chi connectivity index (χ1v) is 11.0. The first-order chi connectivity index (χ1) is 11.1. The van der Waals surface area contributed by atoms with E-state index < -0.39 is 8.80 Å². The zero-order chi connectivity index (χ0) is 17.2. The highest BCUT2D eigenvalue weighted by atomic mass is 28.4. The van der Waals surface area contributed by atoms with E-state index in [1.807, 2.05) is 20.8 Å². The standard InChI is InChI=1S/C17H36O5Si/c1-6-12-18-13-11-16(17(7-2)14-19-15-17)23(20-8-3,21-9-4)22-10-5/h16H,6-15H2,1-5H3. The van der Waals surface area contributed by atoms with Crippen LogP contribution in [0.1, 0.15) is 53.9 Å². The molecule has 1 aliphatic rings. The van der Waals surface area contributed by atoms with Crippen LogP contribution < -0.4 is 0 Å². The van der Waals surface area contributed by atoms with Gasteiger partial charge in [-0.25, -0.2) is 0 Å². The van der Waals surface area contributed by atoms with E-state index in [-0.39, 0.29) is 11.0 Å². The molecule has 0 aliphatic carbocycles. The van der Waals surface area contributed by atoms with Gasteiger partial charge in [-0.05, 0) is 40.0 Å². The molecule has 0 bridgehead atoms. The van der Waals surface area contributed by atoms with Gasteiger partial charge >= 0.3 is 8.80 Å². The molecule has 0 aromatic rings. The minimum atomic E-state index is -2.77. The van der Waals surface area contributed by atoms with Crippen molar-refractivity contribution in [1.82, 2.24) is 0 Å². The topological polar surface area (TPSA) is 46.2 Å². The van der Waals surface area contributed by atoms with E-state index in [2.05, 4.69) is 13.8 Å². The Bertz CT molecular complexity index is 287. The van der Waals surface area contributed by atoms with Crippen LogP contribution in [0.4, 0.5) is 0 Å². The van der Waals surface area contributed by atoms with Gasteiger partial charge in [0.1, 0.15) is 0 Å². The highest BCUT2D eigenvalue weighted by Gasteiger charge is 2.60. The Balaban J connectivity index is 2.99. The summed E-state index contributed by atoms with van der Waals surface area (Å²) in [5.41, 5.74) is 0.326. The Kier molecular flexibility index (Phi) is 9.88. The van der Waals surface area contributed by atoms with Gasteiger partial charge in [0.05, 0.1) is 13.2 Å². The van der Waals surface area contributed by atoms with Crippen molar-refractivity contribution in [3.05, 3.63) is 0 Å². The molecule has 1 unspecified atom stereocenters. The molecule has 138 valence electrons. The Labute approximate surface area is 143 Å². The fraction of sp³-hybridized carbons (Fsp3) is 1.00. The lowest BCUT2D eigenvalue weighted by molar-refractivity contribution is -0.135. The molecular formula is C17H36O5Si. The van der Waals surface area contributed by atoms with Crippen molar-refractivity contribution in [1.29, 1.82) is 0 Å². The fourth-order valence-corrected chi connectivity index (χ4v) is 7.00. The van der Waals surface area contributed by atoms with Crippen LogP contribution in [-0.4, -0.2) is 55.1 Å². The molecule has 1 rings (SSSR count). The smallest absolute Gasteiger partial charge is 0.381 e. The quantitative estimate of drug-likeness (QED) is 0.354. The molecule has 0 N–H and O–H groups in total. The van der Waals surface area contributed by atoms with Gasteiger partial charge in [-0.1, -0.05) is 13.8 Å². The van der Waals surface area contributed by atoms with E-state index in [1.54, 1.807) is 0 Å². The predicted molar refractivity (Wildman–Crippen MR) is 93.7 cm³/mol. The summed E-state index contributed by atoms with van der Waals surface area (Å²) in [6.07, 6.45) is 2.99. The Morgan fingerprint density at radius 2 is 1.48 bits per heavy atom. The minimum absolute atomic E-state index is 0.0985. The molecule has 0 aromatic heterocycles. The van der Waals surface area contributed by atoms with Crippen molar-refractivity contribution in [3.8, 4) is 0 Å². The maximum atomic E-state index is 6.20. The van der Waals surface area contributed by atoms with Crippen LogP contribution in [0.3, 0.4) is 0 Å². The average molecular weight is 349 g/mol. The monoisotopic (exact) mass is 348 g/mol. The Morgan fingerprint density at radius 3 is 1.83 bits per heavy atom. The second-order valence-electron chi connectivity index (χ2n) is 6.06. The Hall–Kier alpha value is 0.0169. The second-order valence-corrected chi connectivity index (χ2v) is 8.84. The second kappa shape index (κ2) is 10.8. The molecule has 0 radical (unpaired) electrons. The molecule has 6 heteroatoms. The van der Waals surface area contributed by atoms with Crippen LogP contribution in [0.2, 0.25) is 5.54 Å². The SMILES string of the molecule is CCCOCCC(C1(CC)COC1)[Si](OCC)(OCC)OCC. The van der Waals surface area contributed by atoms with Gasteiger partial charge in [-0.15, -0.1) is 0 Å². The summed E-state index contributed by atoms with van der Waals surface area (Å²) in [6.45, 7) is 15.3. The number of hydrogen-bond donors (Lipinski definition) is 0. The zero-order valence-corrected chi connectivity index (χ0v) is 16.7. The first kappa shape index (κ1) is 21.1. The molecular weight excluding hydrogens is 312 g/mol. The van der Waals surface area contributed by atoms with E-state index >= 15 is 0 Å². The molecule has 23 heavy (non-hydrogen) atoms. The number of ether oxygens (including phenoxy) is 2. The van der Waals surface area contributed by atoms with E-state index in [1.165, 1.54) is 0 Å². The molecule has 1 fully saturated rings. The van der Waals surface area contributed by atoms with Crippen molar-refractivity contribution < 1.29 is 22.8 Å². The van der Waals surface area contributed by atoms with Crippen LogP contribution in [-0.2, 0) is 22.8 Å². The largest absolute Gasteiger partial charge is 0.505 e. The molecule has 5 nitrogen and oxygen atoms in total. The van der Waals surface area contributed by atoms with Gasteiger partial charge < -0.3 is 22.8 Å². The molecule has 1 saturated heterocycles. The van der Waals surface area contributed by atoms with Crippen molar-refractivity contribution in [2.75, 3.05) is 46.2 Å². The summed E-state index contributed by atoms with van der Waals surface area (Å²) < 4.78 is 29.9. The molecule has 1 aliphatic heterocycles. The highest BCUT2D eigenvalue weighted by Crippen LogP contribution is 2.50. The van der Waals surface area contributed by atoms with Crippen LogP contribution in [0, 0.1) is 5.41 Å². The summed E-state index contributed by atoms with van der Waals surface area (Å²) >= 11 is 0. The van der Waals surface area contributed by atoms with Gasteiger partial charge in [-0.3, -0.25) is 0 Å². The van der Waals surface area contributed by atoms with E-state index in [0.29, 0.717) is 19.8 Å². The zero-order valence-electron chi connectivity index (χ0n) is 15.7. The number of hydrogen-bond acceptors (Lipinski definition) is 5. The van der Waals surface area contributed by atoms with Crippen molar-refractivity contribution in [2.45, 2.75) is 59.4 Å². The summed E-state index contributed by atoms with van der Waals surface area (Å²) in [5, 5.41) is 0. The molecule has 0 amide bonds. The molecule has 1 heterocycles. The van der Waals surface area contributed by atoms with E-state index in [0.717, 1.165) is 45.7 Å². The van der Waals surface area contributed by atoms with Crippen LogP contribution >= 0.6 is 0 Å². The average Bonchev–Trinajstić information content (AvgIpc) is 2.49. The summed E-state index contributed by atoms with van der Waals surface area (Å²) in [5.74, 6) is 0. The summed E-state index contributed by atoms with van der Waals surface area (Å²) in [7, 11) is -2.77. The molecule has 0 saturated carbocycles. The maximum Gasteiger partial charge on any atom is 0.505 e. The highest BCUT2D eigenvalue weighted by molar-refractivity contribution is 6.62. The van der Waals surface area contributed by atoms with Crippen molar-refractivity contribution >= 4 is 8.80 Å². The third kappa shape index (κ3) is 5.24. The maximum absolute atomic E-state index is 6.20. The lowest BCUT2D eigenvalue weighted by Crippen LogP contribution is -2.60. The molecule has 0 spiro atoms. The van der Waals surface area contributed by atoms with Gasteiger partial charge in [0.25, 0.3) is 0 Å². The lowest BCUT2D eigenvalue weighted by Gasteiger charge is -2.51. The van der Waals surface area contributed by atoms with Crippen molar-refractivity contribution in [3.63, 3.8) is 0 Å².